The van der Waals surface area contributed by atoms with E-state index in [0.29, 0.717) is 25.2 Å². The van der Waals surface area contributed by atoms with E-state index in [1.54, 1.807) is 18.3 Å². The standard InChI is InChI=1S/C17H21FN2O2S2/c1-14-5-6-16(12-17(14)18)24(21,22)20-8-3-7-19(9-10-20)13-15-4-2-11-23-15/h2,4-6,11-12H,3,7-10,13H2,1H3. The zero-order valence-corrected chi connectivity index (χ0v) is 15.2. The summed E-state index contributed by atoms with van der Waals surface area (Å²) in [6.45, 7) is 4.93. The van der Waals surface area contributed by atoms with Gasteiger partial charge in [0.25, 0.3) is 0 Å². The minimum Gasteiger partial charge on any atom is -0.297 e. The van der Waals surface area contributed by atoms with Crippen LogP contribution >= 0.6 is 11.3 Å². The zero-order valence-electron chi connectivity index (χ0n) is 13.6. The molecule has 1 aliphatic heterocycles. The van der Waals surface area contributed by atoms with E-state index in [1.165, 1.54) is 21.3 Å². The topological polar surface area (TPSA) is 40.6 Å². The van der Waals surface area contributed by atoms with Crippen LogP contribution < -0.4 is 0 Å². The van der Waals surface area contributed by atoms with Crippen molar-refractivity contribution in [1.29, 1.82) is 0 Å². The Labute approximate surface area is 146 Å². The Balaban J connectivity index is 1.71. The third-order valence-corrected chi connectivity index (χ3v) is 7.04. The van der Waals surface area contributed by atoms with Gasteiger partial charge in [-0.3, -0.25) is 4.90 Å². The normalized spacial score (nSPS) is 17.8. The maximum atomic E-state index is 13.7. The Hall–Kier alpha value is -1.28. The molecule has 130 valence electrons. The van der Waals surface area contributed by atoms with Gasteiger partial charge in [-0.15, -0.1) is 11.3 Å². The molecule has 7 heteroatoms. The number of aryl methyl sites for hydroxylation is 1. The molecule has 0 unspecified atom stereocenters. The first kappa shape index (κ1) is 17.5. The van der Waals surface area contributed by atoms with Crippen LogP contribution in [0.1, 0.15) is 16.9 Å². The molecule has 0 amide bonds. The smallest absolute Gasteiger partial charge is 0.243 e. The fraction of sp³-hybridized carbons (Fsp3) is 0.412. The molecule has 1 aromatic heterocycles. The molecule has 0 radical (unpaired) electrons. The lowest BCUT2D eigenvalue weighted by Gasteiger charge is -2.21. The van der Waals surface area contributed by atoms with Crippen molar-refractivity contribution in [1.82, 2.24) is 9.21 Å². The van der Waals surface area contributed by atoms with Crippen LogP contribution in [0.3, 0.4) is 0 Å². The van der Waals surface area contributed by atoms with E-state index in [9.17, 15) is 12.8 Å². The van der Waals surface area contributed by atoms with E-state index < -0.39 is 15.8 Å². The van der Waals surface area contributed by atoms with Crippen molar-refractivity contribution < 1.29 is 12.8 Å². The summed E-state index contributed by atoms with van der Waals surface area (Å²) in [6, 6.07) is 8.25. The molecule has 1 saturated heterocycles. The highest BCUT2D eigenvalue weighted by Gasteiger charge is 2.27. The molecule has 0 spiro atoms. The van der Waals surface area contributed by atoms with Crippen molar-refractivity contribution in [3.05, 3.63) is 52.0 Å². The third kappa shape index (κ3) is 3.85. The Morgan fingerprint density at radius 1 is 1.17 bits per heavy atom. The highest BCUT2D eigenvalue weighted by molar-refractivity contribution is 7.89. The lowest BCUT2D eigenvalue weighted by atomic mass is 10.2. The molecule has 0 bridgehead atoms. The van der Waals surface area contributed by atoms with E-state index >= 15 is 0 Å². The lowest BCUT2D eigenvalue weighted by Crippen LogP contribution is -2.35. The molecule has 2 aromatic rings. The fourth-order valence-electron chi connectivity index (χ4n) is 2.85. The lowest BCUT2D eigenvalue weighted by molar-refractivity contribution is 0.281. The van der Waals surface area contributed by atoms with Gasteiger partial charge in [0.15, 0.2) is 0 Å². The molecule has 24 heavy (non-hydrogen) atoms. The van der Waals surface area contributed by atoms with Crippen molar-refractivity contribution >= 4 is 21.4 Å². The highest BCUT2D eigenvalue weighted by Crippen LogP contribution is 2.21. The van der Waals surface area contributed by atoms with Crippen molar-refractivity contribution in [2.45, 2.75) is 24.8 Å². The van der Waals surface area contributed by atoms with Crippen molar-refractivity contribution in [3.8, 4) is 0 Å². The Kier molecular flexibility index (Phi) is 5.34. The SMILES string of the molecule is Cc1ccc(S(=O)(=O)N2CCCN(Cc3cccs3)CC2)cc1F. The van der Waals surface area contributed by atoms with Crippen LogP contribution in [0.25, 0.3) is 0 Å². The second-order valence-electron chi connectivity index (χ2n) is 6.02. The third-order valence-electron chi connectivity index (χ3n) is 4.29. The monoisotopic (exact) mass is 368 g/mol. The number of benzene rings is 1. The molecule has 1 fully saturated rings. The Morgan fingerprint density at radius 2 is 2.00 bits per heavy atom. The summed E-state index contributed by atoms with van der Waals surface area (Å²) in [5.41, 5.74) is 0.451. The van der Waals surface area contributed by atoms with Crippen LogP contribution in [0.2, 0.25) is 0 Å². The second-order valence-corrected chi connectivity index (χ2v) is 8.99. The average Bonchev–Trinajstić information content (AvgIpc) is 2.93. The second kappa shape index (κ2) is 7.31. The predicted molar refractivity (Wildman–Crippen MR) is 94.1 cm³/mol. The molecule has 1 aliphatic rings. The van der Waals surface area contributed by atoms with Crippen LogP contribution in [-0.2, 0) is 16.6 Å². The van der Waals surface area contributed by atoms with E-state index in [0.717, 1.165) is 25.6 Å². The molecule has 0 saturated carbocycles. The average molecular weight is 368 g/mol. The van der Waals surface area contributed by atoms with Gasteiger partial charge in [-0.25, -0.2) is 12.8 Å². The number of rotatable bonds is 4. The zero-order chi connectivity index (χ0) is 17.2. The first-order valence-corrected chi connectivity index (χ1v) is 10.3. The predicted octanol–water partition coefficient (Wildman–Crippen LogP) is 3.09. The fourth-order valence-corrected chi connectivity index (χ4v) is 5.08. The molecular weight excluding hydrogens is 347 g/mol. The van der Waals surface area contributed by atoms with Gasteiger partial charge in [-0.2, -0.15) is 4.31 Å². The Morgan fingerprint density at radius 3 is 2.71 bits per heavy atom. The molecule has 0 N–H and O–H groups in total. The van der Waals surface area contributed by atoms with Gasteiger partial charge >= 0.3 is 0 Å². The van der Waals surface area contributed by atoms with E-state index in [-0.39, 0.29) is 4.90 Å². The number of thiophene rings is 1. The minimum absolute atomic E-state index is 0.0392. The first-order chi connectivity index (χ1) is 11.5. The van der Waals surface area contributed by atoms with Gasteiger partial charge in [0, 0.05) is 31.1 Å². The molecule has 3 rings (SSSR count). The first-order valence-electron chi connectivity index (χ1n) is 7.98. The summed E-state index contributed by atoms with van der Waals surface area (Å²) in [6.07, 6.45) is 0.777. The van der Waals surface area contributed by atoms with Gasteiger partial charge in [0.1, 0.15) is 5.82 Å². The molecule has 4 nitrogen and oxygen atoms in total. The van der Waals surface area contributed by atoms with Crippen LogP contribution in [-0.4, -0.2) is 43.8 Å². The number of hydrogen-bond acceptors (Lipinski definition) is 4. The van der Waals surface area contributed by atoms with Crippen molar-refractivity contribution in [2.75, 3.05) is 26.2 Å². The molecule has 0 atom stereocenters. The number of sulfonamides is 1. The number of nitrogens with zero attached hydrogens (tertiary/aromatic N) is 2. The summed E-state index contributed by atoms with van der Waals surface area (Å²) in [7, 11) is -3.64. The van der Waals surface area contributed by atoms with E-state index in [4.69, 9.17) is 0 Å². The van der Waals surface area contributed by atoms with Crippen LogP contribution in [0.4, 0.5) is 4.39 Å². The van der Waals surface area contributed by atoms with E-state index in [1.807, 2.05) is 6.07 Å². The summed E-state index contributed by atoms with van der Waals surface area (Å²) < 4.78 is 40.8. The van der Waals surface area contributed by atoms with Gasteiger partial charge in [-0.1, -0.05) is 12.1 Å². The quantitative estimate of drug-likeness (QED) is 0.833. The summed E-state index contributed by atoms with van der Waals surface area (Å²) in [5, 5.41) is 2.05. The molecule has 0 aliphatic carbocycles. The maximum absolute atomic E-state index is 13.7. The van der Waals surface area contributed by atoms with Gasteiger partial charge < -0.3 is 0 Å². The van der Waals surface area contributed by atoms with Crippen molar-refractivity contribution in [3.63, 3.8) is 0 Å². The van der Waals surface area contributed by atoms with Crippen LogP contribution in [0.15, 0.2) is 40.6 Å². The van der Waals surface area contributed by atoms with Crippen LogP contribution in [0.5, 0.6) is 0 Å². The molecule has 2 heterocycles. The van der Waals surface area contributed by atoms with Crippen molar-refractivity contribution in [2.24, 2.45) is 0 Å². The summed E-state index contributed by atoms with van der Waals surface area (Å²) in [5.74, 6) is -0.481. The van der Waals surface area contributed by atoms with Gasteiger partial charge in [-0.05, 0) is 49.0 Å². The maximum Gasteiger partial charge on any atom is 0.243 e. The largest absolute Gasteiger partial charge is 0.297 e. The summed E-state index contributed by atoms with van der Waals surface area (Å²) in [4.78, 5) is 3.60. The molecular formula is C17H21FN2O2S2. The van der Waals surface area contributed by atoms with Crippen LogP contribution in [0, 0.1) is 12.7 Å². The molecule has 1 aromatic carbocycles. The van der Waals surface area contributed by atoms with Gasteiger partial charge in [0.05, 0.1) is 4.90 Å². The Bertz CT molecular complexity index is 791. The highest BCUT2D eigenvalue weighted by atomic mass is 32.2. The summed E-state index contributed by atoms with van der Waals surface area (Å²) >= 11 is 1.71. The van der Waals surface area contributed by atoms with E-state index in [2.05, 4.69) is 16.3 Å². The number of hydrogen-bond donors (Lipinski definition) is 0. The van der Waals surface area contributed by atoms with Gasteiger partial charge in [0.2, 0.25) is 10.0 Å². The minimum atomic E-state index is -3.64. The number of halogens is 1.